The van der Waals surface area contributed by atoms with Gasteiger partial charge in [-0.1, -0.05) is 0 Å². The van der Waals surface area contributed by atoms with Crippen molar-refractivity contribution in [1.29, 1.82) is 0 Å². The van der Waals surface area contributed by atoms with Crippen LogP contribution in [0.2, 0.25) is 0 Å². The third-order valence-electron chi connectivity index (χ3n) is 2.25. The Hall–Kier alpha value is -2.50. The second-order valence-corrected chi connectivity index (χ2v) is 3.24. The van der Waals surface area contributed by atoms with E-state index in [-0.39, 0.29) is 5.56 Å². The zero-order chi connectivity index (χ0) is 11.0. The van der Waals surface area contributed by atoms with Crippen molar-refractivity contribution in [3.05, 3.63) is 41.0 Å². The van der Waals surface area contributed by atoms with Crippen LogP contribution in [0, 0.1) is 0 Å². The molecular weight excluding hydrogens is 208 g/mol. The molecule has 0 spiro atoms. The molecule has 0 fully saturated rings. The number of aromatic amines is 1. The summed E-state index contributed by atoms with van der Waals surface area (Å²) in [6.45, 7) is 0. The third kappa shape index (κ3) is 1.28. The number of H-pyrrole nitrogens is 1. The Morgan fingerprint density at radius 3 is 3.12 bits per heavy atom. The maximum atomic E-state index is 11.7. The van der Waals surface area contributed by atoms with Crippen molar-refractivity contribution >= 4 is 11.0 Å². The number of hydrogen-bond acceptors (Lipinski definition) is 5. The van der Waals surface area contributed by atoms with Crippen LogP contribution in [0.1, 0.15) is 0 Å². The summed E-state index contributed by atoms with van der Waals surface area (Å²) in [5.74, 6) is 0. The molecule has 3 aromatic rings. The van der Waals surface area contributed by atoms with Gasteiger partial charge in [0.05, 0.1) is 5.56 Å². The van der Waals surface area contributed by atoms with Crippen molar-refractivity contribution < 1.29 is 4.52 Å². The summed E-state index contributed by atoms with van der Waals surface area (Å²) in [6, 6.07) is 5.36. The maximum absolute atomic E-state index is 11.7. The molecule has 0 aliphatic carbocycles. The van der Waals surface area contributed by atoms with Crippen LogP contribution in [0.4, 0.5) is 0 Å². The van der Waals surface area contributed by atoms with E-state index in [0.717, 1.165) is 5.39 Å². The Balaban J connectivity index is 2.34. The first-order valence-corrected chi connectivity index (χ1v) is 4.60. The van der Waals surface area contributed by atoms with Gasteiger partial charge in [0.1, 0.15) is 11.3 Å². The molecule has 0 saturated carbocycles. The Morgan fingerprint density at radius 2 is 2.31 bits per heavy atom. The lowest BCUT2D eigenvalue weighted by Gasteiger charge is -1.98. The summed E-state index contributed by atoms with van der Waals surface area (Å²) in [7, 11) is 0. The first kappa shape index (κ1) is 8.78. The van der Waals surface area contributed by atoms with Crippen molar-refractivity contribution in [1.82, 2.24) is 20.3 Å². The minimum atomic E-state index is -0.262. The lowest BCUT2D eigenvalue weighted by Crippen LogP contribution is -2.09. The fraction of sp³-hybridized carbons (Fsp3) is 0. The molecule has 0 unspecified atom stereocenters. The van der Waals surface area contributed by atoms with Crippen LogP contribution >= 0.6 is 0 Å². The second kappa shape index (κ2) is 3.27. The number of nitrogens with zero attached hydrogens (tertiary/aromatic N) is 3. The summed E-state index contributed by atoms with van der Waals surface area (Å²) in [5.41, 5.74) is 1.11. The zero-order valence-electron chi connectivity index (χ0n) is 8.04. The van der Waals surface area contributed by atoms with Gasteiger partial charge in [-0.3, -0.25) is 4.79 Å². The van der Waals surface area contributed by atoms with Gasteiger partial charge in [-0.25, -0.2) is 4.98 Å². The van der Waals surface area contributed by atoms with Gasteiger partial charge in [-0.15, -0.1) is 5.10 Å². The van der Waals surface area contributed by atoms with E-state index in [4.69, 9.17) is 0 Å². The molecule has 3 aromatic heterocycles. The van der Waals surface area contributed by atoms with Gasteiger partial charge in [0.2, 0.25) is 0 Å². The number of fused-ring (bicyclic) bond motifs is 1. The van der Waals surface area contributed by atoms with Crippen LogP contribution in [-0.2, 0) is 0 Å². The molecule has 1 N–H and O–H groups in total. The molecule has 78 valence electrons. The predicted octanol–water partition coefficient (Wildman–Crippen LogP) is 0.973. The Bertz CT molecular complexity index is 687. The van der Waals surface area contributed by atoms with E-state index in [9.17, 15) is 4.79 Å². The topological polar surface area (TPSA) is 84.7 Å². The average molecular weight is 214 g/mol. The van der Waals surface area contributed by atoms with Gasteiger partial charge in [-0.05, 0) is 18.2 Å². The fourth-order valence-electron chi connectivity index (χ4n) is 1.51. The van der Waals surface area contributed by atoms with Gasteiger partial charge in [0, 0.05) is 16.9 Å². The third-order valence-corrected chi connectivity index (χ3v) is 2.25. The summed E-state index contributed by atoms with van der Waals surface area (Å²) in [6.07, 6.45) is 2.95. The number of rotatable bonds is 1. The van der Waals surface area contributed by atoms with Gasteiger partial charge in [0.25, 0.3) is 5.56 Å². The molecule has 6 nitrogen and oxygen atoms in total. The first-order chi connectivity index (χ1) is 7.84. The van der Waals surface area contributed by atoms with E-state index in [1.165, 1.54) is 6.26 Å². The Kier molecular flexibility index (Phi) is 1.79. The molecule has 0 aromatic carbocycles. The summed E-state index contributed by atoms with van der Waals surface area (Å²) >= 11 is 0. The number of aromatic nitrogens is 4. The average Bonchev–Trinajstić information content (AvgIpc) is 2.81. The largest absolute Gasteiger partial charge is 0.345 e. The lowest BCUT2D eigenvalue weighted by atomic mass is 10.2. The van der Waals surface area contributed by atoms with E-state index in [0.29, 0.717) is 16.9 Å². The maximum Gasteiger partial charge on any atom is 0.259 e. The summed E-state index contributed by atoms with van der Waals surface area (Å²) in [4.78, 5) is 18.4. The summed E-state index contributed by atoms with van der Waals surface area (Å²) < 4.78 is 4.61. The molecule has 6 heteroatoms. The number of pyridine rings is 2. The van der Waals surface area contributed by atoms with Gasteiger partial charge < -0.3 is 9.51 Å². The second-order valence-electron chi connectivity index (χ2n) is 3.24. The van der Waals surface area contributed by atoms with Gasteiger partial charge in [0.15, 0.2) is 6.26 Å². The van der Waals surface area contributed by atoms with Gasteiger partial charge in [-0.2, -0.15) is 0 Å². The van der Waals surface area contributed by atoms with Crippen molar-refractivity contribution in [3.63, 3.8) is 0 Å². The molecule has 0 bridgehead atoms. The first-order valence-electron chi connectivity index (χ1n) is 4.60. The van der Waals surface area contributed by atoms with Crippen molar-refractivity contribution in [3.8, 4) is 11.3 Å². The van der Waals surface area contributed by atoms with Crippen molar-refractivity contribution in [2.45, 2.75) is 0 Å². The van der Waals surface area contributed by atoms with Crippen molar-refractivity contribution in [2.24, 2.45) is 0 Å². The quantitative estimate of drug-likeness (QED) is 0.652. The van der Waals surface area contributed by atoms with Crippen LogP contribution in [0.5, 0.6) is 0 Å². The number of nitrogens with one attached hydrogen (secondary N) is 1. The lowest BCUT2D eigenvalue weighted by molar-refractivity contribution is 0.393. The molecule has 0 atom stereocenters. The number of hydrogen-bond donors (Lipinski definition) is 1. The van der Waals surface area contributed by atoms with Gasteiger partial charge >= 0.3 is 0 Å². The standard InChI is InChI=1S/C10H6N4O2/c15-10-7(8-5-16-14-13-8)4-6-2-1-3-11-9(6)12-10/h1-5H,(H,11,12,15). The van der Waals surface area contributed by atoms with Crippen LogP contribution in [0.25, 0.3) is 22.3 Å². The molecule has 0 aliphatic heterocycles. The molecule has 0 saturated heterocycles. The van der Waals surface area contributed by atoms with E-state index >= 15 is 0 Å². The molecule has 16 heavy (non-hydrogen) atoms. The van der Waals surface area contributed by atoms with Crippen LogP contribution < -0.4 is 5.56 Å². The fourth-order valence-corrected chi connectivity index (χ4v) is 1.51. The minimum Gasteiger partial charge on any atom is -0.345 e. The Morgan fingerprint density at radius 1 is 1.38 bits per heavy atom. The molecule has 3 rings (SSSR count). The van der Waals surface area contributed by atoms with Crippen LogP contribution in [0.3, 0.4) is 0 Å². The molecule has 0 radical (unpaired) electrons. The minimum absolute atomic E-state index is 0.262. The molecule has 0 amide bonds. The normalized spacial score (nSPS) is 10.8. The highest BCUT2D eigenvalue weighted by Crippen LogP contribution is 2.15. The van der Waals surface area contributed by atoms with E-state index in [1.54, 1.807) is 18.3 Å². The smallest absolute Gasteiger partial charge is 0.259 e. The highest BCUT2D eigenvalue weighted by atomic mass is 16.5. The highest BCUT2D eigenvalue weighted by molar-refractivity contribution is 5.79. The molecule has 3 heterocycles. The molecule has 0 aliphatic rings. The summed E-state index contributed by atoms with van der Waals surface area (Å²) in [5, 5.41) is 7.86. The molecular formula is C10H6N4O2. The monoisotopic (exact) mass is 214 g/mol. The zero-order valence-corrected chi connectivity index (χ0v) is 8.04. The van der Waals surface area contributed by atoms with E-state index in [2.05, 4.69) is 24.9 Å². The van der Waals surface area contributed by atoms with E-state index in [1.807, 2.05) is 6.07 Å². The highest BCUT2D eigenvalue weighted by Gasteiger charge is 2.08. The van der Waals surface area contributed by atoms with Crippen molar-refractivity contribution in [2.75, 3.05) is 0 Å². The van der Waals surface area contributed by atoms with E-state index < -0.39 is 0 Å². The predicted molar refractivity (Wildman–Crippen MR) is 55.7 cm³/mol. The SMILES string of the molecule is O=c1[nH]c2ncccc2cc1-c1conn1. The van der Waals surface area contributed by atoms with Crippen LogP contribution in [0.15, 0.2) is 40.0 Å². The Labute approximate surface area is 88.9 Å². The van der Waals surface area contributed by atoms with Crippen LogP contribution in [-0.4, -0.2) is 20.3 Å².